The molecule has 1 aromatic carbocycles. The molecule has 0 bridgehead atoms. The summed E-state index contributed by atoms with van der Waals surface area (Å²) in [5.74, 6) is 1.38. The minimum Gasteiger partial charge on any atom is -0.146 e. The molecule has 1 fully saturated rings. The van der Waals surface area contributed by atoms with Crippen molar-refractivity contribution in [3.8, 4) is 0 Å². The summed E-state index contributed by atoms with van der Waals surface area (Å²) >= 11 is 11.7. The minimum absolute atomic E-state index is 0.403. The van der Waals surface area contributed by atoms with Gasteiger partial charge < -0.3 is 0 Å². The molecule has 3 atom stereocenters. The maximum absolute atomic E-state index is 6.18. The van der Waals surface area contributed by atoms with Crippen LogP contribution in [-0.4, -0.2) is 0 Å². The lowest BCUT2D eigenvalue weighted by atomic mass is 10.1. The average molecular weight is 328 g/mol. The summed E-state index contributed by atoms with van der Waals surface area (Å²) in [5, 5.41) is 2.96. The van der Waals surface area contributed by atoms with Gasteiger partial charge in [0.15, 0.2) is 0 Å². The third-order valence-corrected chi connectivity index (χ3v) is 6.22. The van der Waals surface area contributed by atoms with E-state index in [-0.39, 0.29) is 0 Å². The zero-order valence-corrected chi connectivity index (χ0v) is 12.3. The molecule has 0 amide bonds. The quantitative estimate of drug-likeness (QED) is 0.640. The van der Waals surface area contributed by atoms with Gasteiger partial charge >= 0.3 is 0 Å². The van der Waals surface area contributed by atoms with Gasteiger partial charge in [-0.2, -0.15) is 0 Å². The number of benzene rings is 1. The lowest BCUT2D eigenvalue weighted by Gasteiger charge is -2.08. The summed E-state index contributed by atoms with van der Waals surface area (Å²) in [5.41, 5.74) is 1.45. The van der Waals surface area contributed by atoms with Crippen molar-refractivity contribution in [3.05, 3.63) is 57.2 Å². The highest BCUT2D eigenvalue weighted by Gasteiger charge is 2.44. The monoisotopic (exact) mass is 326 g/mol. The second-order valence-electron chi connectivity index (χ2n) is 4.45. The molecule has 0 N–H and O–H groups in total. The SMILES string of the molecule is Clc1ccsc1C(Br)C1CC1c1ccccc1. The molecule has 1 saturated carbocycles. The summed E-state index contributed by atoms with van der Waals surface area (Å²) < 4.78 is 0. The van der Waals surface area contributed by atoms with Crippen molar-refractivity contribution < 1.29 is 0 Å². The van der Waals surface area contributed by atoms with Gasteiger partial charge in [0.2, 0.25) is 0 Å². The zero-order valence-electron chi connectivity index (χ0n) is 9.14. The van der Waals surface area contributed by atoms with Crippen molar-refractivity contribution in [1.29, 1.82) is 0 Å². The zero-order chi connectivity index (χ0) is 11.8. The van der Waals surface area contributed by atoms with Crippen LogP contribution in [-0.2, 0) is 0 Å². The van der Waals surface area contributed by atoms with Crippen LogP contribution in [0.4, 0.5) is 0 Å². The largest absolute Gasteiger partial charge is 0.146 e. The third kappa shape index (κ3) is 2.31. The molecule has 1 aliphatic rings. The second-order valence-corrected chi connectivity index (χ2v) is 6.79. The van der Waals surface area contributed by atoms with Crippen molar-refractivity contribution >= 4 is 38.9 Å². The van der Waals surface area contributed by atoms with Gasteiger partial charge in [0.25, 0.3) is 0 Å². The van der Waals surface area contributed by atoms with E-state index in [9.17, 15) is 0 Å². The molecule has 0 spiro atoms. The van der Waals surface area contributed by atoms with Gasteiger partial charge in [-0.3, -0.25) is 0 Å². The molecule has 17 heavy (non-hydrogen) atoms. The van der Waals surface area contributed by atoms with Crippen LogP contribution in [0.5, 0.6) is 0 Å². The lowest BCUT2D eigenvalue weighted by Crippen LogP contribution is -1.92. The fourth-order valence-corrected chi connectivity index (χ4v) is 4.83. The first kappa shape index (κ1) is 11.8. The minimum atomic E-state index is 0.403. The van der Waals surface area contributed by atoms with E-state index in [1.807, 2.05) is 6.07 Å². The molecule has 3 rings (SSSR count). The topological polar surface area (TPSA) is 0 Å². The Kier molecular flexibility index (Phi) is 3.29. The Morgan fingerprint density at radius 1 is 1.24 bits per heavy atom. The number of halogens is 2. The molecular weight excluding hydrogens is 316 g/mol. The van der Waals surface area contributed by atoms with Gasteiger partial charge in [-0.1, -0.05) is 57.9 Å². The Morgan fingerprint density at radius 3 is 2.65 bits per heavy atom. The Morgan fingerprint density at radius 2 is 2.00 bits per heavy atom. The molecule has 0 aliphatic heterocycles. The van der Waals surface area contributed by atoms with Crippen LogP contribution < -0.4 is 0 Å². The molecular formula is C14H12BrClS. The van der Waals surface area contributed by atoms with E-state index in [1.165, 1.54) is 16.9 Å². The fourth-order valence-electron chi connectivity index (χ4n) is 2.32. The van der Waals surface area contributed by atoms with E-state index >= 15 is 0 Å². The van der Waals surface area contributed by atoms with Crippen LogP contribution in [0.15, 0.2) is 41.8 Å². The van der Waals surface area contributed by atoms with Gasteiger partial charge in [0.05, 0.1) is 9.85 Å². The van der Waals surface area contributed by atoms with Crippen LogP contribution in [0.2, 0.25) is 5.02 Å². The maximum Gasteiger partial charge on any atom is 0.0556 e. The third-order valence-electron chi connectivity index (χ3n) is 3.34. The van der Waals surface area contributed by atoms with Crippen LogP contribution >= 0.6 is 38.9 Å². The van der Waals surface area contributed by atoms with Crippen molar-refractivity contribution in [2.45, 2.75) is 17.2 Å². The fraction of sp³-hybridized carbons (Fsp3) is 0.286. The second kappa shape index (κ2) is 4.75. The highest BCUT2D eigenvalue weighted by Crippen LogP contribution is 2.58. The van der Waals surface area contributed by atoms with Crippen molar-refractivity contribution in [1.82, 2.24) is 0 Å². The summed E-state index contributed by atoms with van der Waals surface area (Å²) in [6.45, 7) is 0. The summed E-state index contributed by atoms with van der Waals surface area (Å²) in [6.07, 6.45) is 1.26. The lowest BCUT2D eigenvalue weighted by molar-refractivity contribution is 0.798. The number of hydrogen-bond acceptors (Lipinski definition) is 1. The van der Waals surface area contributed by atoms with E-state index in [4.69, 9.17) is 11.6 Å². The summed E-state index contributed by atoms with van der Waals surface area (Å²) in [7, 11) is 0. The van der Waals surface area contributed by atoms with Gasteiger partial charge in [0, 0.05) is 4.88 Å². The molecule has 1 heterocycles. The molecule has 3 heteroatoms. The van der Waals surface area contributed by atoms with E-state index < -0.39 is 0 Å². The molecule has 3 unspecified atom stereocenters. The Bertz CT molecular complexity index is 508. The highest BCUT2D eigenvalue weighted by atomic mass is 79.9. The van der Waals surface area contributed by atoms with Crippen LogP contribution in [0, 0.1) is 5.92 Å². The molecule has 0 saturated heterocycles. The number of rotatable bonds is 3. The average Bonchev–Trinajstić information content (AvgIpc) is 3.05. The Balaban J connectivity index is 1.75. The van der Waals surface area contributed by atoms with Crippen molar-refractivity contribution in [2.24, 2.45) is 5.92 Å². The summed E-state index contributed by atoms with van der Waals surface area (Å²) in [4.78, 5) is 1.68. The van der Waals surface area contributed by atoms with Gasteiger partial charge in [0.1, 0.15) is 0 Å². The Labute approximate surface area is 119 Å². The molecule has 2 aromatic rings. The predicted octanol–water partition coefficient (Wildman–Crippen LogP) is 5.64. The number of alkyl halides is 1. The van der Waals surface area contributed by atoms with Crippen LogP contribution in [0.3, 0.4) is 0 Å². The normalized spacial score (nSPS) is 24.6. The van der Waals surface area contributed by atoms with Crippen LogP contribution in [0.25, 0.3) is 0 Å². The van der Waals surface area contributed by atoms with E-state index in [0.717, 1.165) is 5.02 Å². The first-order valence-corrected chi connectivity index (χ1v) is 7.86. The molecule has 1 aliphatic carbocycles. The number of hydrogen-bond donors (Lipinski definition) is 0. The molecule has 1 aromatic heterocycles. The maximum atomic E-state index is 6.18. The molecule has 0 nitrogen and oxygen atoms in total. The highest BCUT2D eigenvalue weighted by molar-refractivity contribution is 9.09. The summed E-state index contributed by atoms with van der Waals surface area (Å²) in [6, 6.07) is 12.7. The van der Waals surface area contributed by atoms with E-state index in [1.54, 1.807) is 11.3 Å². The first-order chi connectivity index (χ1) is 8.27. The van der Waals surface area contributed by atoms with Gasteiger partial charge in [-0.05, 0) is 35.3 Å². The van der Waals surface area contributed by atoms with Gasteiger partial charge in [-0.15, -0.1) is 11.3 Å². The first-order valence-electron chi connectivity index (χ1n) is 5.69. The molecule has 0 radical (unpaired) electrons. The number of thiophene rings is 1. The van der Waals surface area contributed by atoms with E-state index in [0.29, 0.717) is 16.7 Å². The van der Waals surface area contributed by atoms with Crippen molar-refractivity contribution in [2.75, 3.05) is 0 Å². The Hall–Kier alpha value is -0.310. The smallest absolute Gasteiger partial charge is 0.0556 e. The predicted molar refractivity (Wildman–Crippen MR) is 78.3 cm³/mol. The van der Waals surface area contributed by atoms with Crippen LogP contribution in [0.1, 0.15) is 27.6 Å². The van der Waals surface area contributed by atoms with E-state index in [2.05, 4.69) is 51.6 Å². The molecule has 88 valence electrons. The van der Waals surface area contributed by atoms with Gasteiger partial charge in [-0.25, -0.2) is 0 Å². The standard InChI is InChI=1S/C14H12BrClS/c15-13(14-12(16)6-7-17-14)11-8-10(11)9-4-2-1-3-5-9/h1-7,10-11,13H,8H2. The van der Waals surface area contributed by atoms with Crippen molar-refractivity contribution in [3.63, 3.8) is 0 Å².